The fourth-order valence-corrected chi connectivity index (χ4v) is 12.9. The lowest BCUT2D eigenvalue weighted by Gasteiger charge is -2.21. The molecule has 0 heterocycles. The summed E-state index contributed by atoms with van der Waals surface area (Å²) in [4.78, 5) is 0. The van der Waals surface area contributed by atoms with E-state index in [1.54, 1.807) is 200 Å². The lowest BCUT2D eigenvalue weighted by molar-refractivity contribution is 0.343. The summed E-state index contributed by atoms with van der Waals surface area (Å²) in [5.74, 6) is 0. The fraction of sp³-hybridized carbons (Fsp3) is 0. The van der Waals surface area contributed by atoms with Crippen LogP contribution in [0.2, 0.25) is 0 Å². The van der Waals surface area contributed by atoms with Crippen LogP contribution in [0.1, 0.15) is 16.7 Å². The Morgan fingerprint density at radius 2 is 0.652 bits per heavy atom. The molecule has 10 nitrogen and oxygen atoms in total. The molecule has 13 heteroatoms. The largest absolute Gasteiger partial charge is 0.330 e. The molecular formula is C56H41N4O6P3. The van der Waals surface area contributed by atoms with Gasteiger partial charge in [-0.05, 0) is 102 Å². The molecule has 0 saturated heterocycles. The Hall–Kier alpha value is -8.17. The SMILES string of the molecule is N#Cc1ccc(C(=N\OP(=O)(c2ccccc2)c2ccccc2)/C(=N/OP(=O)(c2ccccc2)c2ccccc2)C(=N/OP(=O)(c2ccccc2)c2ccccc2)/c2ccc3ccccc3c2)cc1. The van der Waals surface area contributed by atoms with E-state index in [0.29, 0.717) is 48.5 Å². The number of nitriles is 1. The van der Waals surface area contributed by atoms with Crippen LogP contribution in [0.5, 0.6) is 0 Å². The van der Waals surface area contributed by atoms with Crippen molar-refractivity contribution in [1.29, 1.82) is 5.26 Å². The second-order valence-electron chi connectivity index (χ2n) is 15.5. The van der Waals surface area contributed by atoms with Crippen LogP contribution in [-0.2, 0) is 27.6 Å². The van der Waals surface area contributed by atoms with E-state index in [9.17, 15) is 5.26 Å². The van der Waals surface area contributed by atoms with Gasteiger partial charge in [-0.25, -0.2) is 0 Å². The minimum Gasteiger partial charge on any atom is -0.330 e. The molecule has 0 aliphatic rings. The quantitative estimate of drug-likeness (QED) is 0.0533. The van der Waals surface area contributed by atoms with Crippen molar-refractivity contribution < 1.29 is 27.6 Å². The highest BCUT2D eigenvalue weighted by Crippen LogP contribution is 2.48. The van der Waals surface area contributed by atoms with E-state index in [4.69, 9.17) is 29.3 Å². The maximum Gasteiger partial charge on any atom is 0.330 e. The van der Waals surface area contributed by atoms with Gasteiger partial charge in [-0.2, -0.15) is 5.26 Å². The zero-order valence-corrected chi connectivity index (χ0v) is 39.4. The van der Waals surface area contributed by atoms with Gasteiger partial charge < -0.3 is 13.9 Å². The summed E-state index contributed by atoms with van der Waals surface area (Å²) in [6.45, 7) is 0. The Balaban J connectivity index is 1.35. The van der Waals surface area contributed by atoms with Gasteiger partial charge >= 0.3 is 22.1 Å². The first-order valence-corrected chi connectivity index (χ1v) is 26.6. The third kappa shape index (κ3) is 9.95. The van der Waals surface area contributed by atoms with Crippen molar-refractivity contribution in [3.05, 3.63) is 265 Å². The number of oxime groups is 3. The molecule has 0 aliphatic heterocycles. The lowest BCUT2D eigenvalue weighted by Crippen LogP contribution is -2.29. The fourth-order valence-electron chi connectivity index (χ4n) is 7.47. The number of hydrogen-bond donors (Lipinski definition) is 0. The van der Waals surface area contributed by atoms with E-state index in [-0.39, 0.29) is 17.1 Å². The Kier molecular flexibility index (Phi) is 13.8. The predicted molar refractivity (Wildman–Crippen MR) is 278 cm³/mol. The van der Waals surface area contributed by atoms with Crippen molar-refractivity contribution in [2.45, 2.75) is 0 Å². The first kappa shape index (κ1) is 46.0. The van der Waals surface area contributed by atoms with Gasteiger partial charge in [0.2, 0.25) is 0 Å². The van der Waals surface area contributed by atoms with Gasteiger partial charge in [0.1, 0.15) is 11.4 Å². The van der Waals surface area contributed by atoms with Crippen molar-refractivity contribution in [3.63, 3.8) is 0 Å². The molecule has 9 rings (SSSR count). The summed E-state index contributed by atoms with van der Waals surface area (Å²) in [5, 5.41) is 28.1. The third-order valence-electron chi connectivity index (χ3n) is 11.1. The Morgan fingerprint density at radius 1 is 0.348 bits per heavy atom. The second-order valence-corrected chi connectivity index (χ2v) is 22.4. The zero-order chi connectivity index (χ0) is 47.5. The van der Waals surface area contributed by atoms with Crippen LogP contribution in [-0.4, -0.2) is 17.1 Å². The van der Waals surface area contributed by atoms with E-state index < -0.39 is 22.1 Å². The monoisotopic (exact) mass is 958 g/mol. The van der Waals surface area contributed by atoms with Crippen molar-refractivity contribution >= 4 is 81.8 Å². The van der Waals surface area contributed by atoms with Crippen LogP contribution in [0.15, 0.2) is 264 Å². The number of benzene rings is 9. The molecule has 0 atom stereocenters. The zero-order valence-electron chi connectivity index (χ0n) is 36.8. The standard InChI is InChI=1S/C56H41N4O6P3/c57-42-43-35-37-45(38-36-43)54(58-64-67(61,48-23-7-1-8-24-48)49-25-9-2-10-26-49)56(60-66-69(63,52-31-15-5-16-32-52)53-33-17-6-18-34-53)55(47-40-39-44-21-19-20-22-46(44)41-47)59-65-68(62,50-27-11-3-12-28-50)51-29-13-4-14-30-51/h1-41H/b58-54+,59-55+,60-56-. The molecule has 9 aromatic carbocycles. The molecule has 0 spiro atoms. The Bertz CT molecular complexity index is 3370. The molecule has 0 bridgehead atoms. The summed E-state index contributed by atoms with van der Waals surface area (Å²) in [6.07, 6.45) is 0. The minimum atomic E-state index is -4.12. The lowest BCUT2D eigenvalue weighted by atomic mass is 9.96. The summed E-state index contributed by atoms with van der Waals surface area (Å²) < 4.78 is 66.2. The van der Waals surface area contributed by atoms with Crippen molar-refractivity contribution in [3.8, 4) is 6.07 Å². The molecule has 0 radical (unpaired) electrons. The highest BCUT2D eigenvalue weighted by atomic mass is 31.2. The molecule has 0 fully saturated rings. The van der Waals surface area contributed by atoms with Crippen molar-refractivity contribution in [2.24, 2.45) is 15.5 Å². The molecule has 0 saturated carbocycles. The second kappa shape index (κ2) is 20.8. The van der Waals surface area contributed by atoms with Crippen molar-refractivity contribution in [1.82, 2.24) is 0 Å². The van der Waals surface area contributed by atoms with E-state index in [2.05, 4.69) is 6.07 Å². The maximum atomic E-state index is 15.7. The summed E-state index contributed by atoms with van der Waals surface area (Å²) in [5.41, 5.74) is 0.659. The summed E-state index contributed by atoms with van der Waals surface area (Å²) >= 11 is 0. The summed E-state index contributed by atoms with van der Waals surface area (Å²) in [7, 11) is -12.2. The molecule has 0 aliphatic carbocycles. The van der Waals surface area contributed by atoms with E-state index in [0.717, 1.165) is 10.8 Å². The average molecular weight is 959 g/mol. The van der Waals surface area contributed by atoms with Gasteiger partial charge in [0.15, 0.2) is 5.71 Å². The number of fused-ring (bicyclic) bond motifs is 1. The maximum absolute atomic E-state index is 15.7. The normalized spacial score (nSPS) is 12.5. The van der Waals surface area contributed by atoms with E-state index in [1.807, 2.05) is 48.5 Å². The van der Waals surface area contributed by atoms with Crippen LogP contribution in [0.4, 0.5) is 0 Å². The van der Waals surface area contributed by atoms with Crippen LogP contribution in [0.25, 0.3) is 10.8 Å². The van der Waals surface area contributed by atoms with E-state index in [1.165, 1.54) is 0 Å². The topological polar surface area (TPSA) is 140 Å². The van der Waals surface area contributed by atoms with Crippen LogP contribution in [0.3, 0.4) is 0 Å². The Labute approximate surface area is 399 Å². The van der Waals surface area contributed by atoms with Gasteiger partial charge in [0.05, 0.1) is 43.5 Å². The molecule has 9 aromatic rings. The molecule has 0 amide bonds. The van der Waals surface area contributed by atoms with Crippen molar-refractivity contribution in [2.75, 3.05) is 0 Å². The highest BCUT2D eigenvalue weighted by molar-refractivity contribution is 7.75. The molecular weight excluding hydrogens is 918 g/mol. The van der Waals surface area contributed by atoms with E-state index >= 15 is 13.7 Å². The van der Waals surface area contributed by atoms with Crippen LogP contribution in [0, 0.1) is 11.3 Å². The van der Waals surface area contributed by atoms with Gasteiger partial charge in [0, 0.05) is 11.1 Å². The number of rotatable bonds is 16. The van der Waals surface area contributed by atoms with Gasteiger partial charge in [-0.1, -0.05) is 173 Å². The van der Waals surface area contributed by atoms with Gasteiger partial charge in [0.25, 0.3) is 0 Å². The molecule has 0 aromatic heterocycles. The van der Waals surface area contributed by atoms with Crippen LogP contribution >= 0.6 is 22.1 Å². The first-order valence-electron chi connectivity index (χ1n) is 21.7. The first-order chi connectivity index (χ1) is 33.8. The minimum absolute atomic E-state index is 0.0681. The number of hydrogen-bond acceptors (Lipinski definition) is 10. The predicted octanol–water partition coefficient (Wildman–Crippen LogP) is 11.0. The summed E-state index contributed by atoms with van der Waals surface area (Å²) in [6, 6.07) is 74.1. The van der Waals surface area contributed by atoms with Crippen LogP contribution < -0.4 is 31.8 Å². The van der Waals surface area contributed by atoms with Gasteiger partial charge in [-0.15, -0.1) is 0 Å². The third-order valence-corrected chi connectivity index (χ3v) is 17.9. The highest BCUT2D eigenvalue weighted by Gasteiger charge is 2.36. The average Bonchev–Trinajstić information content (AvgIpc) is 3.43. The molecule has 336 valence electrons. The van der Waals surface area contributed by atoms with Gasteiger partial charge in [-0.3, -0.25) is 13.7 Å². The molecule has 0 unspecified atom stereocenters. The molecule has 0 N–H and O–H groups in total. The smallest absolute Gasteiger partial charge is 0.330 e. The Morgan fingerprint density at radius 3 is 1.01 bits per heavy atom. The number of nitrogens with zero attached hydrogens (tertiary/aromatic N) is 4. The molecule has 69 heavy (non-hydrogen) atoms.